The lowest BCUT2D eigenvalue weighted by atomic mass is 10.1. The second-order valence-electron chi connectivity index (χ2n) is 9.61. The number of ether oxygens (including phenoxy) is 1. The van der Waals surface area contributed by atoms with Gasteiger partial charge in [-0.1, -0.05) is 36.4 Å². The molecule has 1 amide bonds. The van der Waals surface area contributed by atoms with Crippen molar-refractivity contribution in [2.24, 2.45) is 0 Å². The van der Waals surface area contributed by atoms with Crippen LogP contribution in [-0.4, -0.2) is 57.2 Å². The van der Waals surface area contributed by atoms with E-state index in [1.54, 1.807) is 10.9 Å². The Bertz CT molecular complexity index is 1830. The number of nitro benzene ring substituents is 1. The molecule has 1 fully saturated rings. The van der Waals surface area contributed by atoms with Gasteiger partial charge in [0.05, 0.1) is 35.1 Å². The highest BCUT2D eigenvalue weighted by atomic mass is 32.1. The zero-order valence-electron chi connectivity index (χ0n) is 22.0. The number of nitrogens with one attached hydrogen (secondary N) is 2. The maximum absolute atomic E-state index is 13.3. The molecule has 0 saturated carbocycles. The van der Waals surface area contributed by atoms with Crippen LogP contribution in [0.15, 0.2) is 72.8 Å². The van der Waals surface area contributed by atoms with Crippen LogP contribution in [0.1, 0.15) is 15.9 Å². The fraction of sp³-hybridized carbons (Fsp3) is 0.172. The molecule has 0 aliphatic carbocycles. The third-order valence-electron chi connectivity index (χ3n) is 6.97. The van der Waals surface area contributed by atoms with E-state index in [4.69, 9.17) is 22.1 Å². The highest BCUT2D eigenvalue weighted by Crippen LogP contribution is 2.28. The van der Waals surface area contributed by atoms with Crippen molar-refractivity contribution in [1.29, 1.82) is 0 Å². The molecule has 11 nitrogen and oxygen atoms in total. The number of benzene rings is 4. The number of hydrogen-bond acceptors (Lipinski definition) is 8. The number of carbonyl (C=O) groups is 1. The third kappa shape index (κ3) is 5.30. The molecule has 1 saturated heterocycles. The molecule has 0 spiro atoms. The second kappa shape index (κ2) is 10.9. The minimum atomic E-state index is -0.548. The quantitative estimate of drug-likeness (QED) is 0.176. The number of nitro groups is 1. The summed E-state index contributed by atoms with van der Waals surface area (Å²) >= 11 is 5.46. The average molecular weight is 568 g/mol. The van der Waals surface area contributed by atoms with Crippen LogP contribution in [0.4, 0.5) is 17.1 Å². The molecule has 5 aromatic rings. The molecule has 12 heteroatoms. The zero-order chi connectivity index (χ0) is 28.5. The first-order chi connectivity index (χ1) is 19.9. The number of amides is 1. The largest absolute Gasteiger partial charge is 0.378 e. The molecule has 4 aromatic carbocycles. The highest BCUT2D eigenvalue weighted by molar-refractivity contribution is 7.80. The van der Waals surface area contributed by atoms with Crippen LogP contribution < -0.4 is 15.5 Å². The first-order valence-electron chi connectivity index (χ1n) is 13.0. The smallest absolute Gasteiger partial charge is 0.270 e. The Morgan fingerprint density at radius 3 is 2.49 bits per heavy atom. The van der Waals surface area contributed by atoms with E-state index < -0.39 is 10.8 Å². The van der Waals surface area contributed by atoms with Gasteiger partial charge in [-0.3, -0.25) is 20.2 Å². The second-order valence-corrected chi connectivity index (χ2v) is 10.0. The van der Waals surface area contributed by atoms with Gasteiger partial charge < -0.3 is 15.0 Å². The summed E-state index contributed by atoms with van der Waals surface area (Å²) in [6.45, 7) is 4.05. The zero-order valence-corrected chi connectivity index (χ0v) is 22.9. The summed E-state index contributed by atoms with van der Waals surface area (Å²) in [6, 6.07) is 22.0. The summed E-state index contributed by atoms with van der Waals surface area (Å²) in [4.78, 5) is 27.8. The van der Waals surface area contributed by atoms with Crippen molar-refractivity contribution in [3.8, 4) is 5.69 Å². The van der Waals surface area contributed by atoms with E-state index >= 15 is 0 Å². The normalized spacial score (nSPS) is 13.3. The third-order valence-corrected chi connectivity index (χ3v) is 7.18. The number of carbonyl (C=O) groups excluding carboxylic acids is 1. The number of thiocarbonyl (C=S) groups is 1. The SMILES string of the molecule is Cc1cc2nn(-c3cccc4ccccc34)nc2cc1NC(=S)NC(=O)c1cc([N+](=O)[O-])ccc1N1CCOCC1. The Balaban J connectivity index is 1.24. The van der Waals surface area contributed by atoms with Crippen LogP contribution in [0, 0.1) is 17.0 Å². The van der Waals surface area contributed by atoms with Crippen molar-refractivity contribution in [3.63, 3.8) is 0 Å². The molecule has 2 heterocycles. The lowest BCUT2D eigenvalue weighted by Crippen LogP contribution is -2.39. The summed E-state index contributed by atoms with van der Waals surface area (Å²) in [7, 11) is 0. The van der Waals surface area contributed by atoms with E-state index in [9.17, 15) is 14.9 Å². The standard InChI is InChI=1S/C29H25N7O4S/c1-18-15-24-25(33-35(32-24)27-8-4-6-19-5-2-3-7-21(19)27)17-23(18)30-29(41)31-28(37)22-16-20(36(38)39)9-10-26(22)34-11-13-40-14-12-34/h2-10,15-17H,11-14H2,1H3,(H2,30,31,37,41). The maximum atomic E-state index is 13.3. The fourth-order valence-corrected chi connectivity index (χ4v) is 5.12. The number of aromatic nitrogens is 3. The van der Waals surface area contributed by atoms with Crippen LogP contribution in [0.25, 0.3) is 27.5 Å². The van der Waals surface area contributed by atoms with E-state index in [0.29, 0.717) is 48.7 Å². The topological polar surface area (TPSA) is 127 Å². The summed E-state index contributed by atoms with van der Waals surface area (Å²) in [6.07, 6.45) is 0. The predicted octanol–water partition coefficient (Wildman–Crippen LogP) is 4.75. The number of hydrogen-bond donors (Lipinski definition) is 2. The van der Waals surface area contributed by atoms with Crippen molar-refractivity contribution in [2.75, 3.05) is 36.5 Å². The molecule has 1 aliphatic heterocycles. The number of anilines is 2. The van der Waals surface area contributed by atoms with Crippen LogP contribution in [0.5, 0.6) is 0 Å². The van der Waals surface area contributed by atoms with E-state index in [0.717, 1.165) is 22.0 Å². The molecule has 0 unspecified atom stereocenters. The van der Waals surface area contributed by atoms with Gasteiger partial charge in [-0.15, -0.1) is 15.0 Å². The van der Waals surface area contributed by atoms with Crippen LogP contribution >= 0.6 is 12.2 Å². The summed E-state index contributed by atoms with van der Waals surface area (Å²) in [5.74, 6) is -0.548. The van der Waals surface area contributed by atoms with E-state index in [2.05, 4.69) is 15.7 Å². The van der Waals surface area contributed by atoms with Gasteiger partial charge in [0, 0.05) is 36.3 Å². The summed E-state index contributed by atoms with van der Waals surface area (Å²) in [5, 5.41) is 28.7. The maximum Gasteiger partial charge on any atom is 0.270 e. The molecule has 0 radical (unpaired) electrons. The van der Waals surface area contributed by atoms with Crippen LogP contribution in [-0.2, 0) is 4.74 Å². The molecule has 6 rings (SSSR count). The first-order valence-corrected chi connectivity index (χ1v) is 13.4. The van der Waals surface area contributed by atoms with Gasteiger partial charge in [0.2, 0.25) is 0 Å². The van der Waals surface area contributed by atoms with Gasteiger partial charge in [-0.2, -0.15) is 0 Å². The Kier molecular flexibility index (Phi) is 7.00. The molecular weight excluding hydrogens is 542 g/mol. The minimum absolute atomic E-state index is 0.0540. The number of nitrogens with zero attached hydrogens (tertiary/aromatic N) is 5. The number of fused-ring (bicyclic) bond motifs is 2. The van der Waals surface area contributed by atoms with Gasteiger partial charge in [0.1, 0.15) is 11.0 Å². The van der Waals surface area contributed by atoms with Crippen LogP contribution in [0.3, 0.4) is 0 Å². The number of non-ortho nitro benzene ring substituents is 1. The number of aryl methyl sites for hydroxylation is 1. The monoisotopic (exact) mass is 567 g/mol. The van der Waals surface area contributed by atoms with Gasteiger partial charge in [-0.05, 0) is 54.4 Å². The van der Waals surface area contributed by atoms with Crippen LogP contribution in [0.2, 0.25) is 0 Å². The van der Waals surface area contributed by atoms with Crippen molar-refractivity contribution >= 4 is 62.1 Å². The van der Waals surface area contributed by atoms with E-state index in [1.807, 2.05) is 66.4 Å². The lowest BCUT2D eigenvalue weighted by Gasteiger charge is -2.30. The van der Waals surface area contributed by atoms with Gasteiger partial charge in [-0.25, -0.2) is 0 Å². The predicted molar refractivity (Wildman–Crippen MR) is 161 cm³/mol. The highest BCUT2D eigenvalue weighted by Gasteiger charge is 2.23. The lowest BCUT2D eigenvalue weighted by molar-refractivity contribution is -0.384. The van der Waals surface area contributed by atoms with Crippen molar-refractivity contribution in [3.05, 3.63) is 94.0 Å². The van der Waals surface area contributed by atoms with Crippen molar-refractivity contribution in [2.45, 2.75) is 6.92 Å². The molecule has 0 bridgehead atoms. The Hall–Kier alpha value is -4.94. The molecule has 206 valence electrons. The van der Waals surface area contributed by atoms with Crippen molar-refractivity contribution < 1.29 is 14.5 Å². The Labute approximate surface area is 239 Å². The number of rotatable bonds is 5. The van der Waals surface area contributed by atoms with Crippen molar-refractivity contribution in [1.82, 2.24) is 20.3 Å². The molecule has 41 heavy (non-hydrogen) atoms. The first kappa shape index (κ1) is 26.3. The van der Waals surface area contributed by atoms with Gasteiger partial charge in [0.25, 0.3) is 11.6 Å². The molecule has 1 aromatic heterocycles. The fourth-order valence-electron chi connectivity index (χ4n) is 4.92. The average Bonchev–Trinajstić information content (AvgIpc) is 3.39. The number of morpholine rings is 1. The molecule has 0 atom stereocenters. The summed E-state index contributed by atoms with van der Waals surface area (Å²) in [5.41, 5.74) is 4.29. The summed E-state index contributed by atoms with van der Waals surface area (Å²) < 4.78 is 5.41. The van der Waals surface area contributed by atoms with Gasteiger partial charge in [0.15, 0.2) is 5.11 Å². The molecular formula is C29H25N7O4S. The van der Waals surface area contributed by atoms with E-state index in [-0.39, 0.29) is 16.4 Å². The minimum Gasteiger partial charge on any atom is -0.378 e. The Morgan fingerprint density at radius 1 is 0.976 bits per heavy atom. The Morgan fingerprint density at radius 2 is 1.71 bits per heavy atom. The molecule has 2 N–H and O–H groups in total. The van der Waals surface area contributed by atoms with E-state index in [1.165, 1.54) is 12.1 Å². The van der Waals surface area contributed by atoms with Gasteiger partial charge >= 0.3 is 0 Å². The molecule has 1 aliphatic rings.